The molecule has 0 fully saturated rings. The number of nitrogens with zero attached hydrogens (tertiary/aromatic N) is 1. The highest BCUT2D eigenvalue weighted by Crippen LogP contribution is 2.20. The molecule has 1 unspecified atom stereocenters. The minimum atomic E-state index is 0.165. The van der Waals surface area contributed by atoms with Crippen molar-refractivity contribution in [1.29, 1.82) is 0 Å². The summed E-state index contributed by atoms with van der Waals surface area (Å²) >= 11 is 3.45. The highest BCUT2D eigenvalue weighted by atomic mass is 79.9. The van der Waals surface area contributed by atoms with Crippen LogP contribution in [0.3, 0.4) is 0 Å². The molecule has 3 heteroatoms. The van der Waals surface area contributed by atoms with Crippen molar-refractivity contribution in [3.63, 3.8) is 0 Å². The number of halogens is 1. The zero-order chi connectivity index (χ0) is 13.8. The van der Waals surface area contributed by atoms with Crippen molar-refractivity contribution in [1.82, 2.24) is 4.57 Å². The Kier molecular flexibility index (Phi) is 4.83. The molecule has 19 heavy (non-hydrogen) atoms. The number of benzene rings is 1. The molecule has 1 atom stereocenters. The van der Waals surface area contributed by atoms with Crippen LogP contribution in [-0.2, 0) is 6.42 Å². The Morgan fingerprint density at radius 3 is 2.37 bits per heavy atom. The van der Waals surface area contributed by atoms with Gasteiger partial charge in [0.05, 0.1) is 12.6 Å². The molecule has 1 N–H and O–H groups in total. The minimum absolute atomic E-state index is 0.165. The Labute approximate surface area is 123 Å². The van der Waals surface area contributed by atoms with Crippen LogP contribution in [0.25, 0.3) is 0 Å². The molecule has 0 aliphatic rings. The molecule has 1 aromatic carbocycles. The highest BCUT2D eigenvalue weighted by Gasteiger charge is 2.13. The molecule has 2 nitrogen and oxygen atoms in total. The van der Waals surface area contributed by atoms with Crippen molar-refractivity contribution in [2.75, 3.05) is 6.61 Å². The molecule has 0 bridgehead atoms. The fourth-order valence-corrected chi connectivity index (χ4v) is 2.52. The van der Waals surface area contributed by atoms with Gasteiger partial charge in [0.25, 0.3) is 0 Å². The molecule has 0 amide bonds. The lowest BCUT2D eigenvalue weighted by atomic mass is 10.1. The monoisotopic (exact) mass is 321 g/mol. The van der Waals surface area contributed by atoms with Crippen LogP contribution in [0.2, 0.25) is 0 Å². The van der Waals surface area contributed by atoms with Crippen LogP contribution in [0.1, 0.15) is 31.0 Å². The molecule has 2 aromatic rings. The Balaban J connectivity index is 2.10. The molecule has 0 aliphatic heterocycles. The molecule has 1 aromatic heterocycles. The van der Waals surface area contributed by atoms with Gasteiger partial charge in [-0.05, 0) is 41.7 Å². The fourth-order valence-electron chi connectivity index (χ4n) is 2.26. The van der Waals surface area contributed by atoms with Gasteiger partial charge in [0, 0.05) is 16.9 Å². The van der Waals surface area contributed by atoms with Crippen molar-refractivity contribution in [2.24, 2.45) is 5.92 Å². The van der Waals surface area contributed by atoms with E-state index in [0.29, 0.717) is 5.92 Å². The van der Waals surface area contributed by atoms with Gasteiger partial charge >= 0.3 is 0 Å². The van der Waals surface area contributed by atoms with Crippen molar-refractivity contribution in [3.8, 4) is 0 Å². The van der Waals surface area contributed by atoms with Gasteiger partial charge in [0.15, 0.2) is 0 Å². The number of rotatable bonds is 5. The topological polar surface area (TPSA) is 25.2 Å². The average molecular weight is 322 g/mol. The summed E-state index contributed by atoms with van der Waals surface area (Å²) in [5.74, 6) is 0.429. The Hall–Kier alpha value is -1.06. The molecular weight excluding hydrogens is 302 g/mol. The van der Waals surface area contributed by atoms with E-state index in [1.165, 1.54) is 11.1 Å². The summed E-state index contributed by atoms with van der Waals surface area (Å²) in [5, 5.41) is 9.45. The smallest absolute Gasteiger partial charge is 0.0641 e. The molecular formula is C16H20BrNO. The number of aliphatic hydroxyl groups is 1. The molecule has 1 heterocycles. The van der Waals surface area contributed by atoms with Gasteiger partial charge in [0.1, 0.15) is 0 Å². The van der Waals surface area contributed by atoms with E-state index in [2.05, 4.69) is 77.1 Å². The van der Waals surface area contributed by atoms with Gasteiger partial charge in [0.2, 0.25) is 0 Å². The predicted octanol–water partition coefficient (Wildman–Crippen LogP) is 4.03. The second-order valence-electron chi connectivity index (χ2n) is 5.26. The fraction of sp³-hybridized carbons (Fsp3) is 0.375. The maximum Gasteiger partial charge on any atom is 0.0641 e. The van der Waals surface area contributed by atoms with Crippen molar-refractivity contribution >= 4 is 15.9 Å². The van der Waals surface area contributed by atoms with Crippen LogP contribution in [0.4, 0.5) is 0 Å². The van der Waals surface area contributed by atoms with E-state index in [1.54, 1.807) is 0 Å². The summed E-state index contributed by atoms with van der Waals surface area (Å²) < 4.78 is 3.23. The first-order valence-electron chi connectivity index (χ1n) is 6.62. The van der Waals surface area contributed by atoms with E-state index >= 15 is 0 Å². The molecule has 0 spiro atoms. The Morgan fingerprint density at radius 2 is 1.79 bits per heavy atom. The van der Waals surface area contributed by atoms with Crippen LogP contribution >= 0.6 is 15.9 Å². The van der Waals surface area contributed by atoms with Crippen LogP contribution < -0.4 is 0 Å². The van der Waals surface area contributed by atoms with Gasteiger partial charge in [-0.15, -0.1) is 0 Å². The maximum absolute atomic E-state index is 9.45. The third kappa shape index (κ3) is 3.71. The molecule has 0 radical (unpaired) electrons. The van der Waals surface area contributed by atoms with Crippen molar-refractivity contribution in [2.45, 2.75) is 26.3 Å². The number of aliphatic hydroxyl groups excluding tert-OH is 1. The summed E-state index contributed by atoms with van der Waals surface area (Å²) in [6.07, 6.45) is 5.13. The lowest BCUT2D eigenvalue weighted by molar-refractivity contribution is 0.193. The quantitative estimate of drug-likeness (QED) is 0.883. The molecule has 2 rings (SSSR count). The van der Waals surface area contributed by atoms with E-state index in [-0.39, 0.29) is 12.6 Å². The Morgan fingerprint density at radius 1 is 1.11 bits per heavy atom. The summed E-state index contributed by atoms with van der Waals surface area (Å²) in [6.45, 7) is 4.45. The highest BCUT2D eigenvalue weighted by molar-refractivity contribution is 9.10. The van der Waals surface area contributed by atoms with Crippen LogP contribution in [0, 0.1) is 5.92 Å². The first-order valence-corrected chi connectivity index (χ1v) is 7.41. The SMILES string of the molecule is CC(C)C(CO)n1ccc(Cc2ccc(Br)cc2)c1. The van der Waals surface area contributed by atoms with E-state index in [0.717, 1.165) is 10.9 Å². The van der Waals surface area contributed by atoms with Gasteiger partial charge < -0.3 is 9.67 Å². The number of hydrogen-bond acceptors (Lipinski definition) is 1. The maximum atomic E-state index is 9.45. The van der Waals surface area contributed by atoms with Gasteiger partial charge in [-0.2, -0.15) is 0 Å². The van der Waals surface area contributed by atoms with Crippen molar-refractivity contribution < 1.29 is 5.11 Å². The first-order chi connectivity index (χ1) is 9.10. The van der Waals surface area contributed by atoms with Gasteiger partial charge in [-0.3, -0.25) is 0 Å². The van der Waals surface area contributed by atoms with Crippen LogP contribution in [-0.4, -0.2) is 16.3 Å². The Bertz CT molecular complexity index is 516. The van der Waals surface area contributed by atoms with Crippen molar-refractivity contribution in [3.05, 3.63) is 58.3 Å². The first kappa shape index (κ1) is 14.4. The summed E-state index contributed by atoms with van der Waals surface area (Å²) in [5.41, 5.74) is 2.58. The van der Waals surface area contributed by atoms with Crippen LogP contribution in [0.15, 0.2) is 47.2 Å². The zero-order valence-corrected chi connectivity index (χ0v) is 13.0. The lowest BCUT2D eigenvalue weighted by Gasteiger charge is -2.20. The standard InChI is InChI=1S/C16H20BrNO/c1-12(2)16(11-19)18-8-7-14(10-18)9-13-3-5-15(17)6-4-13/h3-8,10,12,16,19H,9,11H2,1-2H3. The molecule has 0 saturated heterocycles. The molecule has 0 saturated carbocycles. The van der Waals surface area contributed by atoms with Gasteiger partial charge in [-0.25, -0.2) is 0 Å². The normalized spacial score (nSPS) is 12.9. The predicted molar refractivity (Wildman–Crippen MR) is 82.3 cm³/mol. The second kappa shape index (κ2) is 6.40. The van der Waals surface area contributed by atoms with Gasteiger partial charge in [-0.1, -0.05) is 41.9 Å². The summed E-state index contributed by atoms with van der Waals surface area (Å²) in [6, 6.07) is 10.7. The van der Waals surface area contributed by atoms with E-state index in [9.17, 15) is 5.11 Å². The summed E-state index contributed by atoms with van der Waals surface area (Å²) in [7, 11) is 0. The molecule has 102 valence electrons. The third-order valence-corrected chi connectivity index (χ3v) is 3.97. The van der Waals surface area contributed by atoms with Crippen LogP contribution in [0.5, 0.6) is 0 Å². The minimum Gasteiger partial charge on any atom is -0.394 e. The average Bonchev–Trinajstić information content (AvgIpc) is 2.81. The number of hydrogen-bond donors (Lipinski definition) is 1. The zero-order valence-electron chi connectivity index (χ0n) is 11.4. The third-order valence-electron chi connectivity index (χ3n) is 3.44. The van der Waals surface area contributed by atoms with E-state index < -0.39 is 0 Å². The lowest BCUT2D eigenvalue weighted by Crippen LogP contribution is -2.17. The number of aromatic nitrogens is 1. The van der Waals surface area contributed by atoms with E-state index in [1.807, 2.05) is 0 Å². The summed E-state index contributed by atoms with van der Waals surface area (Å²) in [4.78, 5) is 0. The largest absolute Gasteiger partial charge is 0.394 e. The molecule has 0 aliphatic carbocycles. The van der Waals surface area contributed by atoms with E-state index in [4.69, 9.17) is 0 Å². The second-order valence-corrected chi connectivity index (χ2v) is 6.18.